The molecule has 0 saturated heterocycles. The van der Waals surface area contributed by atoms with Gasteiger partial charge in [-0.2, -0.15) is 0 Å². The van der Waals surface area contributed by atoms with Crippen molar-refractivity contribution in [1.82, 2.24) is 5.48 Å². The molecule has 0 spiro atoms. The quantitative estimate of drug-likeness (QED) is 0.202. The molecule has 38 heavy (non-hydrogen) atoms. The number of nitrogens with zero attached hydrogens (tertiary/aromatic N) is 1. The number of terminal acetylenes is 1. The molecule has 0 atom stereocenters. The fraction of sp³-hybridized carbons (Fsp3) is 0.100. The van der Waals surface area contributed by atoms with Crippen LogP contribution in [0.15, 0.2) is 102 Å². The Hall–Kier alpha value is -4.58. The molecular formula is C30H28N2O5S. The van der Waals surface area contributed by atoms with Crippen LogP contribution in [-0.2, 0) is 10.0 Å². The van der Waals surface area contributed by atoms with Crippen molar-refractivity contribution in [3.63, 3.8) is 0 Å². The minimum Gasteiger partial charge on any atom is -0.497 e. The monoisotopic (exact) mass is 528 g/mol. The van der Waals surface area contributed by atoms with Crippen LogP contribution in [-0.4, -0.2) is 33.7 Å². The van der Waals surface area contributed by atoms with Crippen molar-refractivity contribution in [3.8, 4) is 29.2 Å². The van der Waals surface area contributed by atoms with Crippen molar-refractivity contribution in [2.45, 2.75) is 11.8 Å². The summed E-state index contributed by atoms with van der Waals surface area (Å²) in [5.74, 6) is 2.12. The van der Waals surface area contributed by atoms with Gasteiger partial charge in [-0.15, -0.1) is 6.42 Å². The Morgan fingerprint density at radius 1 is 0.895 bits per heavy atom. The summed E-state index contributed by atoms with van der Waals surface area (Å²) < 4.78 is 32.0. The number of ether oxygens (including phenoxy) is 1. The van der Waals surface area contributed by atoms with Crippen molar-refractivity contribution in [3.05, 3.63) is 114 Å². The molecule has 0 heterocycles. The Morgan fingerprint density at radius 2 is 1.42 bits per heavy atom. The highest BCUT2D eigenvalue weighted by Crippen LogP contribution is 2.31. The van der Waals surface area contributed by atoms with Gasteiger partial charge >= 0.3 is 0 Å². The van der Waals surface area contributed by atoms with E-state index < -0.39 is 15.9 Å². The molecule has 4 rings (SSSR count). The Kier molecular flexibility index (Phi) is 9.28. The van der Waals surface area contributed by atoms with Gasteiger partial charge in [-0.3, -0.25) is 14.3 Å². The van der Waals surface area contributed by atoms with Crippen LogP contribution in [0.2, 0.25) is 0 Å². The van der Waals surface area contributed by atoms with E-state index in [4.69, 9.17) is 16.4 Å². The SMILES string of the molecule is C#Cc1ccc(C(=O)NO)c(N(C)S(=O)(=O)c2ccc(OC)cc2)c1C.c1ccc(-c2ccccc2)cc1. The van der Waals surface area contributed by atoms with Gasteiger partial charge in [-0.1, -0.05) is 66.6 Å². The van der Waals surface area contributed by atoms with Crippen molar-refractivity contribution in [1.29, 1.82) is 0 Å². The van der Waals surface area contributed by atoms with Crippen LogP contribution in [0.3, 0.4) is 0 Å². The molecule has 1 amide bonds. The highest BCUT2D eigenvalue weighted by atomic mass is 32.2. The molecule has 0 aliphatic carbocycles. The van der Waals surface area contributed by atoms with E-state index in [1.807, 2.05) is 12.1 Å². The van der Waals surface area contributed by atoms with Gasteiger partial charge in [0.15, 0.2) is 0 Å². The molecule has 0 saturated carbocycles. The van der Waals surface area contributed by atoms with E-state index in [9.17, 15) is 13.2 Å². The maximum Gasteiger partial charge on any atom is 0.276 e. The second-order valence-electron chi connectivity index (χ2n) is 8.10. The Labute approximate surface area is 223 Å². The maximum absolute atomic E-state index is 13.0. The lowest BCUT2D eigenvalue weighted by atomic mass is 10.0. The number of nitrogens with one attached hydrogen (secondary N) is 1. The molecule has 0 aromatic heterocycles. The number of rotatable bonds is 6. The molecule has 7 nitrogen and oxygen atoms in total. The van der Waals surface area contributed by atoms with Gasteiger partial charge in [0.1, 0.15) is 5.75 Å². The van der Waals surface area contributed by atoms with Crippen LogP contribution < -0.4 is 14.5 Å². The third-order valence-electron chi connectivity index (χ3n) is 5.85. The fourth-order valence-electron chi connectivity index (χ4n) is 3.79. The number of methoxy groups -OCH3 is 1. The largest absolute Gasteiger partial charge is 0.497 e. The zero-order chi connectivity index (χ0) is 27.7. The number of hydroxylamine groups is 1. The van der Waals surface area contributed by atoms with E-state index in [0.717, 1.165) is 4.31 Å². The van der Waals surface area contributed by atoms with Crippen LogP contribution >= 0.6 is 0 Å². The van der Waals surface area contributed by atoms with E-state index >= 15 is 0 Å². The second-order valence-corrected chi connectivity index (χ2v) is 10.1. The topological polar surface area (TPSA) is 95.9 Å². The lowest BCUT2D eigenvalue weighted by Gasteiger charge is -2.24. The first-order valence-corrected chi connectivity index (χ1v) is 13.0. The summed E-state index contributed by atoms with van der Waals surface area (Å²) in [6, 6.07) is 29.5. The molecule has 0 aliphatic rings. The molecule has 4 aromatic rings. The van der Waals surface area contributed by atoms with Crippen molar-refractivity contribution < 1.29 is 23.2 Å². The summed E-state index contributed by atoms with van der Waals surface area (Å²) in [4.78, 5) is 12.0. The first kappa shape index (κ1) is 28.0. The summed E-state index contributed by atoms with van der Waals surface area (Å²) >= 11 is 0. The summed E-state index contributed by atoms with van der Waals surface area (Å²) in [5.41, 5.74) is 4.99. The van der Waals surface area contributed by atoms with Gasteiger partial charge in [0.2, 0.25) is 0 Å². The number of amides is 1. The van der Waals surface area contributed by atoms with E-state index in [1.165, 1.54) is 67.2 Å². The zero-order valence-corrected chi connectivity index (χ0v) is 22.1. The Bertz CT molecular complexity index is 1490. The molecule has 0 fully saturated rings. The number of hydrogen-bond acceptors (Lipinski definition) is 5. The van der Waals surface area contributed by atoms with E-state index in [2.05, 4.69) is 54.5 Å². The highest BCUT2D eigenvalue weighted by Gasteiger charge is 2.27. The van der Waals surface area contributed by atoms with Crippen LogP contribution in [0.4, 0.5) is 5.69 Å². The van der Waals surface area contributed by atoms with Crippen LogP contribution in [0, 0.1) is 19.3 Å². The molecule has 2 N–H and O–H groups in total. The lowest BCUT2D eigenvalue weighted by molar-refractivity contribution is 0.0707. The smallest absolute Gasteiger partial charge is 0.276 e. The van der Waals surface area contributed by atoms with Crippen molar-refractivity contribution in [2.75, 3.05) is 18.5 Å². The number of hydrogen-bond donors (Lipinski definition) is 2. The van der Waals surface area contributed by atoms with Crippen molar-refractivity contribution >= 4 is 21.6 Å². The minimum absolute atomic E-state index is 0.0154. The third-order valence-corrected chi connectivity index (χ3v) is 7.62. The number of anilines is 1. The average Bonchev–Trinajstić information content (AvgIpc) is 2.97. The van der Waals surface area contributed by atoms with Crippen LogP contribution in [0.5, 0.6) is 5.75 Å². The number of sulfonamides is 1. The maximum atomic E-state index is 13.0. The normalized spacial score (nSPS) is 10.4. The third kappa shape index (κ3) is 6.21. The van der Waals surface area contributed by atoms with Gasteiger partial charge in [-0.05, 0) is 60.0 Å². The first-order valence-electron chi connectivity index (χ1n) is 11.5. The van der Waals surface area contributed by atoms with Gasteiger partial charge in [0.05, 0.1) is 23.3 Å². The summed E-state index contributed by atoms with van der Waals surface area (Å²) in [7, 11) is -1.19. The first-order chi connectivity index (χ1) is 18.2. The fourth-order valence-corrected chi connectivity index (χ4v) is 5.06. The molecule has 8 heteroatoms. The Balaban J connectivity index is 0.000000275. The molecule has 0 aliphatic heterocycles. The number of benzene rings is 4. The molecule has 0 radical (unpaired) electrons. The van der Waals surface area contributed by atoms with E-state index in [1.54, 1.807) is 6.92 Å². The lowest BCUT2D eigenvalue weighted by Crippen LogP contribution is -2.31. The van der Waals surface area contributed by atoms with Gasteiger partial charge in [-0.25, -0.2) is 13.9 Å². The summed E-state index contributed by atoms with van der Waals surface area (Å²) in [5, 5.41) is 8.97. The average molecular weight is 529 g/mol. The minimum atomic E-state index is -3.98. The van der Waals surface area contributed by atoms with E-state index in [0.29, 0.717) is 16.9 Å². The van der Waals surface area contributed by atoms with Crippen LogP contribution in [0.1, 0.15) is 21.5 Å². The summed E-state index contributed by atoms with van der Waals surface area (Å²) in [6.07, 6.45) is 5.45. The standard InChI is InChI=1S/C18H18N2O5S.C12H10/c1-5-13-6-11-16(18(21)19-22)17(12(13)2)20(3)26(23,24)15-9-7-14(25-4)8-10-15;1-3-7-11(8-4-1)12-9-5-2-6-10-12/h1,6-11,22H,2-4H3,(H,19,21);1-10H. The van der Waals surface area contributed by atoms with Gasteiger partial charge in [0, 0.05) is 12.6 Å². The Morgan fingerprint density at radius 3 is 1.87 bits per heavy atom. The van der Waals surface area contributed by atoms with E-state index in [-0.39, 0.29) is 16.1 Å². The number of carbonyl (C=O) groups excluding carboxylic acids is 1. The summed E-state index contributed by atoms with van der Waals surface area (Å²) in [6.45, 7) is 1.61. The molecule has 4 aromatic carbocycles. The van der Waals surface area contributed by atoms with Crippen LogP contribution in [0.25, 0.3) is 11.1 Å². The predicted octanol–water partition coefficient (Wildman–Crippen LogP) is 5.28. The van der Waals surface area contributed by atoms with Gasteiger partial charge in [0.25, 0.3) is 15.9 Å². The number of carbonyl (C=O) groups is 1. The van der Waals surface area contributed by atoms with Gasteiger partial charge < -0.3 is 4.74 Å². The van der Waals surface area contributed by atoms with Crippen molar-refractivity contribution in [2.24, 2.45) is 0 Å². The molecule has 0 bridgehead atoms. The molecule has 194 valence electrons. The zero-order valence-electron chi connectivity index (χ0n) is 21.3. The molecular weight excluding hydrogens is 500 g/mol. The predicted molar refractivity (Wildman–Crippen MR) is 149 cm³/mol. The highest BCUT2D eigenvalue weighted by molar-refractivity contribution is 7.92. The molecule has 0 unspecified atom stereocenters. The second kappa shape index (κ2) is 12.6.